The van der Waals surface area contributed by atoms with Gasteiger partial charge < -0.3 is 10.8 Å². The molecule has 29 heavy (non-hydrogen) atoms. The fourth-order valence-electron chi connectivity index (χ4n) is 3.91. The summed E-state index contributed by atoms with van der Waals surface area (Å²) in [6.45, 7) is 9.44. The third-order valence-electron chi connectivity index (χ3n) is 5.86. The van der Waals surface area contributed by atoms with Crippen molar-refractivity contribution in [3.05, 3.63) is 35.9 Å². The number of hydrogen-bond acceptors (Lipinski definition) is 2. The van der Waals surface area contributed by atoms with E-state index in [-0.39, 0.29) is 0 Å². The van der Waals surface area contributed by atoms with Gasteiger partial charge in [-0.15, -0.1) is 0 Å². The number of hydrogen-bond donors (Lipinski definition) is 2. The molecule has 0 radical (unpaired) electrons. The van der Waals surface area contributed by atoms with E-state index in [2.05, 4.69) is 27.7 Å². The Balaban J connectivity index is 0.000000571. The smallest absolute Gasteiger partial charge is 0.320 e. The monoisotopic (exact) mass is 425 g/mol. The number of aliphatic carboxylic acids is 1. The second-order valence-corrected chi connectivity index (χ2v) is 13.5. The summed E-state index contributed by atoms with van der Waals surface area (Å²) < 4.78 is 0. The normalized spacial score (nSPS) is 12.7. The Morgan fingerprint density at radius 2 is 1.21 bits per heavy atom. The molecule has 3 N–H and O–H groups in total. The molecule has 4 heteroatoms. The van der Waals surface area contributed by atoms with Gasteiger partial charge in [-0.1, -0.05) is 30.3 Å². The standard InChI is InChI=1S/C16H37P.C9H11NO2/c1-5-9-13-17(14-10-6-2,15-11-7-3)16-12-8-4;10-8(9(11)12)6-7-4-2-1-3-5-7/h17H,5-16H2,1-4H3;1-5,8H,6,10H2,(H,11,12). The molecule has 1 atom stereocenters. The van der Waals surface area contributed by atoms with Gasteiger partial charge in [-0.2, -0.15) is 0 Å². The SMILES string of the molecule is CCCC[PH](CCCC)(CCCC)CCCC.NC(Cc1ccccc1)C(=O)O. The van der Waals surface area contributed by atoms with Crippen molar-refractivity contribution in [1.29, 1.82) is 0 Å². The Hall–Kier alpha value is -0.920. The molecular formula is C25H48NO2P. The van der Waals surface area contributed by atoms with Crippen molar-refractivity contribution in [2.75, 3.05) is 24.6 Å². The van der Waals surface area contributed by atoms with Crippen LogP contribution in [0.15, 0.2) is 30.3 Å². The average molecular weight is 426 g/mol. The zero-order valence-corrected chi connectivity index (χ0v) is 20.6. The van der Waals surface area contributed by atoms with Gasteiger partial charge in [0.15, 0.2) is 0 Å². The molecule has 0 aliphatic heterocycles. The van der Waals surface area contributed by atoms with E-state index in [4.69, 9.17) is 10.8 Å². The summed E-state index contributed by atoms with van der Waals surface area (Å²) in [6, 6.07) is 8.54. The maximum Gasteiger partial charge on any atom is 0.320 e. The third-order valence-corrected chi connectivity index (χ3v) is 11.5. The summed E-state index contributed by atoms with van der Waals surface area (Å²) in [5.74, 6) is -0.959. The van der Waals surface area contributed by atoms with Gasteiger partial charge in [-0.05, 0) is 12.0 Å². The van der Waals surface area contributed by atoms with E-state index in [0.29, 0.717) is 6.42 Å². The molecule has 1 unspecified atom stereocenters. The summed E-state index contributed by atoms with van der Waals surface area (Å²) in [5, 5.41) is 8.52. The zero-order chi connectivity index (χ0) is 22.0. The maximum absolute atomic E-state index is 10.4. The fourth-order valence-corrected chi connectivity index (χ4v) is 9.83. The van der Waals surface area contributed by atoms with E-state index in [9.17, 15) is 4.79 Å². The maximum atomic E-state index is 10.4. The molecule has 0 saturated carbocycles. The number of unbranched alkanes of at least 4 members (excludes halogenated alkanes) is 4. The van der Waals surface area contributed by atoms with Gasteiger partial charge in [-0.3, -0.25) is 4.79 Å². The van der Waals surface area contributed by atoms with E-state index in [1.807, 2.05) is 30.3 Å². The van der Waals surface area contributed by atoms with Gasteiger partial charge in [0, 0.05) is 0 Å². The number of carbonyl (C=O) groups is 1. The van der Waals surface area contributed by atoms with Crippen LogP contribution >= 0.6 is 7.26 Å². The van der Waals surface area contributed by atoms with Gasteiger partial charge in [0.2, 0.25) is 0 Å². The molecule has 0 aromatic heterocycles. The number of benzene rings is 1. The first-order chi connectivity index (χ1) is 13.9. The predicted molar refractivity (Wildman–Crippen MR) is 133 cm³/mol. The Morgan fingerprint density at radius 3 is 1.52 bits per heavy atom. The second-order valence-electron chi connectivity index (χ2n) is 8.55. The largest absolute Gasteiger partial charge is 0.480 e. The molecule has 0 bridgehead atoms. The van der Waals surface area contributed by atoms with Crippen molar-refractivity contribution < 1.29 is 9.90 Å². The Kier molecular flexibility index (Phi) is 17.3. The van der Waals surface area contributed by atoms with Crippen LogP contribution in [0.4, 0.5) is 0 Å². The van der Waals surface area contributed by atoms with Crippen LogP contribution in [-0.4, -0.2) is 41.8 Å². The minimum atomic E-state index is -0.959. The molecule has 0 aliphatic rings. The molecule has 0 heterocycles. The van der Waals surface area contributed by atoms with Crippen LogP contribution in [0.2, 0.25) is 0 Å². The second kappa shape index (κ2) is 17.9. The molecular weight excluding hydrogens is 377 g/mol. The average Bonchev–Trinajstić information content (AvgIpc) is 2.74. The molecule has 1 aromatic carbocycles. The van der Waals surface area contributed by atoms with Gasteiger partial charge >= 0.3 is 117 Å². The van der Waals surface area contributed by atoms with Crippen molar-refractivity contribution in [2.24, 2.45) is 5.73 Å². The number of rotatable bonds is 15. The third kappa shape index (κ3) is 13.8. The van der Waals surface area contributed by atoms with Crippen LogP contribution in [0.1, 0.15) is 84.6 Å². The predicted octanol–water partition coefficient (Wildman–Crippen LogP) is 6.58. The molecule has 0 amide bonds. The van der Waals surface area contributed by atoms with Crippen LogP contribution in [0.3, 0.4) is 0 Å². The van der Waals surface area contributed by atoms with Crippen LogP contribution < -0.4 is 5.73 Å². The number of carboxylic acid groups (broad SMARTS) is 1. The number of nitrogens with two attached hydrogens (primary N) is 1. The van der Waals surface area contributed by atoms with Crippen molar-refractivity contribution in [2.45, 2.75) is 91.5 Å². The van der Waals surface area contributed by atoms with E-state index in [0.717, 1.165) is 5.56 Å². The zero-order valence-electron chi connectivity index (χ0n) is 19.6. The van der Waals surface area contributed by atoms with Crippen LogP contribution in [-0.2, 0) is 11.2 Å². The fraction of sp³-hybridized carbons (Fsp3) is 0.720. The molecule has 0 aliphatic carbocycles. The first-order valence-corrected chi connectivity index (χ1v) is 14.8. The van der Waals surface area contributed by atoms with Gasteiger partial charge in [0.05, 0.1) is 0 Å². The van der Waals surface area contributed by atoms with E-state index in [1.54, 1.807) is 24.6 Å². The van der Waals surface area contributed by atoms with Crippen molar-refractivity contribution in [1.82, 2.24) is 0 Å². The molecule has 1 rings (SSSR count). The summed E-state index contributed by atoms with van der Waals surface area (Å²) in [7, 11) is -0.879. The van der Waals surface area contributed by atoms with Crippen molar-refractivity contribution in [3.8, 4) is 0 Å². The van der Waals surface area contributed by atoms with Gasteiger partial charge in [0.1, 0.15) is 6.04 Å². The van der Waals surface area contributed by atoms with Crippen LogP contribution in [0, 0.1) is 0 Å². The van der Waals surface area contributed by atoms with Crippen molar-refractivity contribution >= 4 is 13.2 Å². The van der Waals surface area contributed by atoms with Crippen LogP contribution in [0.25, 0.3) is 0 Å². The molecule has 0 fully saturated rings. The first-order valence-electron chi connectivity index (χ1n) is 12.0. The topological polar surface area (TPSA) is 63.3 Å². The summed E-state index contributed by atoms with van der Waals surface area (Å²) in [4.78, 5) is 10.4. The Morgan fingerprint density at radius 1 is 0.828 bits per heavy atom. The van der Waals surface area contributed by atoms with E-state index < -0.39 is 19.3 Å². The molecule has 170 valence electrons. The minimum Gasteiger partial charge on any atom is -0.480 e. The van der Waals surface area contributed by atoms with Gasteiger partial charge in [-0.25, -0.2) is 0 Å². The molecule has 3 nitrogen and oxygen atoms in total. The van der Waals surface area contributed by atoms with Crippen molar-refractivity contribution in [3.63, 3.8) is 0 Å². The summed E-state index contributed by atoms with van der Waals surface area (Å²) in [5.41, 5.74) is 6.30. The molecule has 0 spiro atoms. The van der Waals surface area contributed by atoms with E-state index in [1.165, 1.54) is 51.4 Å². The summed E-state index contributed by atoms with van der Waals surface area (Å²) >= 11 is 0. The quantitative estimate of drug-likeness (QED) is 0.312. The molecule has 0 saturated heterocycles. The Labute approximate surface area is 181 Å². The molecule has 1 aromatic rings. The van der Waals surface area contributed by atoms with Crippen LogP contribution in [0.5, 0.6) is 0 Å². The summed E-state index contributed by atoms with van der Waals surface area (Å²) in [6.07, 6.45) is 18.5. The minimum absolute atomic E-state index is 0.385. The van der Waals surface area contributed by atoms with Gasteiger partial charge in [0.25, 0.3) is 0 Å². The Bertz CT molecular complexity index is 469. The number of carboxylic acids is 1. The van der Waals surface area contributed by atoms with E-state index >= 15 is 0 Å². The first kappa shape index (κ1) is 28.1.